The molecule has 0 radical (unpaired) electrons. The Labute approximate surface area is 160 Å². The van der Waals surface area contributed by atoms with Crippen LogP contribution in [-0.4, -0.2) is 22.0 Å². The molecule has 8 heteroatoms. The van der Waals surface area contributed by atoms with Gasteiger partial charge < -0.3 is 15.4 Å². The van der Waals surface area contributed by atoms with Crippen LogP contribution in [0.15, 0.2) is 54.9 Å². The lowest BCUT2D eigenvalue weighted by Gasteiger charge is -2.11. The van der Waals surface area contributed by atoms with Crippen LogP contribution in [0.25, 0.3) is 0 Å². The van der Waals surface area contributed by atoms with Crippen molar-refractivity contribution in [2.24, 2.45) is 0 Å². The molecule has 2 aromatic carbocycles. The maximum Gasteiger partial charge on any atom is 0.276 e. The number of halogens is 2. The van der Waals surface area contributed by atoms with Gasteiger partial charge in [-0.2, -0.15) is 0 Å². The van der Waals surface area contributed by atoms with Gasteiger partial charge in [-0.3, -0.25) is 4.79 Å². The molecule has 144 valence electrons. The fraction of sp³-hybridized carbons (Fsp3) is 0.150. The molecule has 0 saturated carbocycles. The first-order valence-electron chi connectivity index (χ1n) is 8.53. The Kier molecular flexibility index (Phi) is 5.78. The maximum absolute atomic E-state index is 13.6. The zero-order valence-electron chi connectivity index (χ0n) is 15.2. The molecule has 0 fully saturated rings. The van der Waals surface area contributed by atoms with E-state index in [1.54, 1.807) is 0 Å². The summed E-state index contributed by atoms with van der Waals surface area (Å²) in [6.07, 6.45) is 2.65. The standard InChI is InChI=1S/C20H18F2N4O2/c1-12(2)28-14-8-6-13(7-9-14)25-18-11-23-17(10-24-18)20(27)26-19-15(21)4-3-5-16(19)22/h3-12H,1-2H3,(H,24,25)(H,26,27). The lowest BCUT2D eigenvalue weighted by Crippen LogP contribution is -2.16. The third-order valence-electron chi connectivity index (χ3n) is 3.58. The number of benzene rings is 2. The van der Waals surface area contributed by atoms with E-state index in [0.29, 0.717) is 5.82 Å². The van der Waals surface area contributed by atoms with Crippen molar-refractivity contribution in [3.63, 3.8) is 0 Å². The Bertz CT molecular complexity index is 941. The van der Waals surface area contributed by atoms with Gasteiger partial charge in [0.2, 0.25) is 0 Å². The molecule has 0 spiro atoms. The van der Waals surface area contributed by atoms with Crippen molar-refractivity contribution in [1.82, 2.24) is 9.97 Å². The summed E-state index contributed by atoms with van der Waals surface area (Å²) >= 11 is 0. The van der Waals surface area contributed by atoms with Gasteiger partial charge in [0.05, 0.1) is 18.5 Å². The van der Waals surface area contributed by atoms with Gasteiger partial charge in [-0.15, -0.1) is 0 Å². The van der Waals surface area contributed by atoms with Crippen LogP contribution in [0.5, 0.6) is 5.75 Å². The number of nitrogens with one attached hydrogen (secondary N) is 2. The molecule has 1 amide bonds. The smallest absolute Gasteiger partial charge is 0.276 e. The fourth-order valence-corrected chi connectivity index (χ4v) is 2.34. The number of ether oxygens (including phenoxy) is 1. The highest BCUT2D eigenvalue weighted by molar-refractivity contribution is 6.02. The normalized spacial score (nSPS) is 10.6. The average molecular weight is 384 g/mol. The SMILES string of the molecule is CC(C)Oc1ccc(Nc2cnc(C(=O)Nc3c(F)cccc3F)cn2)cc1. The highest BCUT2D eigenvalue weighted by atomic mass is 19.1. The van der Waals surface area contributed by atoms with Crippen molar-refractivity contribution in [3.05, 3.63) is 72.2 Å². The van der Waals surface area contributed by atoms with Crippen molar-refractivity contribution >= 4 is 23.1 Å². The number of carbonyl (C=O) groups excluding carboxylic acids is 1. The summed E-state index contributed by atoms with van der Waals surface area (Å²) in [6, 6.07) is 10.6. The third-order valence-corrected chi connectivity index (χ3v) is 3.58. The largest absolute Gasteiger partial charge is 0.491 e. The Morgan fingerprint density at radius 1 is 1.00 bits per heavy atom. The van der Waals surface area contributed by atoms with Gasteiger partial charge in [-0.1, -0.05) is 6.07 Å². The molecule has 2 N–H and O–H groups in total. The Balaban J connectivity index is 1.65. The minimum Gasteiger partial charge on any atom is -0.491 e. The molecule has 1 heterocycles. The van der Waals surface area contributed by atoms with E-state index in [2.05, 4.69) is 20.6 Å². The molecular formula is C20H18F2N4O2. The van der Waals surface area contributed by atoms with Crippen LogP contribution < -0.4 is 15.4 Å². The Morgan fingerprint density at radius 3 is 2.25 bits per heavy atom. The lowest BCUT2D eigenvalue weighted by atomic mass is 10.2. The van der Waals surface area contributed by atoms with E-state index in [1.165, 1.54) is 18.5 Å². The van der Waals surface area contributed by atoms with Crippen LogP contribution in [0.3, 0.4) is 0 Å². The summed E-state index contributed by atoms with van der Waals surface area (Å²) in [6.45, 7) is 3.89. The van der Waals surface area contributed by atoms with Gasteiger partial charge in [0.1, 0.15) is 34.6 Å². The predicted octanol–water partition coefficient (Wildman–Crippen LogP) is 4.54. The molecule has 0 unspecified atom stereocenters. The van der Waals surface area contributed by atoms with Crippen LogP contribution in [-0.2, 0) is 0 Å². The van der Waals surface area contributed by atoms with E-state index in [9.17, 15) is 13.6 Å². The molecular weight excluding hydrogens is 366 g/mol. The molecule has 0 saturated heterocycles. The predicted molar refractivity (Wildman–Crippen MR) is 102 cm³/mol. The maximum atomic E-state index is 13.6. The van der Waals surface area contributed by atoms with Gasteiger partial charge in [-0.05, 0) is 50.2 Å². The van der Waals surface area contributed by atoms with E-state index in [-0.39, 0.29) is 11.8 Å². The number of hydrogen-bond acceptors (Lipinski definition) is 5. The highest BCUT2D eigenvalue weighted by Gasteiger charge is 2.14. The molecule has 0 atom stereocenters. The van der Waals surface area contributed by atoms with E-state index in [4.69, 9.17) is 4.74 Å². The molecule has 28 heavy (non-hydrogen) atoms. The molecule has 1 aromatic heterocycles. The van der Waals surface area contributed by atoms with Crippen molar-refractivity contribution < 1.29 is 18.3 Å². The number of carbonyl (C=O) groups is 1. The van der Waals surface area contributed by atoms with Gasteiger partial charge in [-0.25, -0.2) is 18.7 Å². The van der Waals surface area contributed by atoms with Gasteiger partial charge >= 0.3 is 0 Å². The minimum absolute atomic E-state index is 0.0751. The first-order chi connectivity index (χ1) is 13.4. The Morgan fingerprint density at radius 2 is 1.68 bits per heavy atom. The van der Waals surface area contributed by atoms with Crippen LogP contribution in [0.4, 0.5) is 26.0 Å². The van der Waals surface area contributed by atoms with Crippen molar-refractivity contribution in [2.75, 3.05) is 10.6 Å². The summed E-state index contributed by atoms with van der Waals surface area (Å²) in [5.41, 5.74) is 0.158. The molecule has 3 aromatic rings. The van der Waals surface area contributed by atoms with Gasteiger partial charge in [0.25, 0.3) is 5.91 Å². The summed E-state index contributed by atoms with van der Waals surface area (Å²) in [5, 5.41) is 5.20. The zero-order chi connectivity index (χ0) is 20.1. The quantitative estimate of drug-likeness (QED) is 0.653. The highest BCUT2D eigenvalue weighted by Crippen LogP contribution is 2.20. The second-order valence-electron chi connectivity index (χ2n) is 6.15. The number of hydrogen-bond donors (Lipinski definition) is 2. The number of aromatic nitrogens is 2. The number of nitrogens with zero attached hydrogens (tertiary/aromatic N) is 2. The molecule has 0 aliphatic rings. The van der Waals surface area contributed by atoms with Crippen LogP contribution in [0, 0.1) is 11.6 Å². The number of amides is 1. The first-order valence-corrected chi connectivity index (χ1v) is 8.53. The number of para-hydroxylation sites is 1. The van der Waals surface area contributed by atoms with E-state index < -0.39 is 23.2 Å². The molecule has 0 bridgehead atoms. The van der Waals surface area contributed by atoms with Crippen LogP contribution in [0.1, 0.15) is 24.3 Å². The topological polar surface area (TPSA) is 76.1 Å². The first kappa shape index (κ1) is 19.2. The van der Waals surface area contributed by atoms with E-state index in [0.717, 1.165) is 23.6 Å². The molecule has 0 aliphatic heterocycles. The summed E-state index contributed by atoms with van der Waals surface area (Å²) in [5.74, 6) is -1.35. The van der Waals surface area contributed by atoms with Crippen molar-refractivity contribution in [2.45, 2.75) is 20.0 Å². The van der Waals surface area contributed by atoms with Gasteiger partial charge in [0.15, 0.2) is 0 Å². The fourth-order valence-electron chi connectivity index (χ4n) is 2.34. The Hall–Kier alpha value is -3.55. The molecule has 3 rings (SSSR count). The van der Waals surface area contributed by atoms with E-state index >= 15 is 0 Å². The third kappa shape index (κ3) is 4.79. The molecule has 6 nitrogen and oxygen atoms in total. The second kappa shape index (κ2) is 8.43. The summed E-state index contributed by atoms with van der Waals surface area (Å²) in [7, 11) is 0. The lowest BCUT2D eigenvalue weighted by molar-refractivity contribution is 0.102. The van der Waals surface area contributed by atoms with Crippen molar-refractivity contribution in [3.8, 4) is 5.75 Å². The monoisotopic (exact) mass is 384 g/mol. The van der Waals surface area contributed by atoms with E-state index in [1.807, 2.05) is 38.1 Å². The average Bonchev–Trinajstić information content (AvgIpc) is 2.66. The zero-order valence-corrected chi connectivity index (χ0v) is 15.2. The second-order valence-corrected chi connectivity index (χ2v) is 6.15. The van der Waals surface area contributed by atoms with Crippen molar-refractivity contribution in [1.29, 1.82) is 0 Å². The summed E-state index contributed by atoms with van der Waals surface area (Å²) in [4.78, 5) is 20.2. The van der Waals surface area contributed by atoms with Crippen LogP contribution in [0.2, 0.25) is 0 Å². The number of anilines is 3. The summed E-state index contributed by atoms with van der Waals surface area (Å²) < 4.78 is 32.8. The van der Waals surface area contributed by atoms with Gasteiger partial charge in [0, 0.05) is 5.69 Å². The van der Waals surface area contributed by atoms with Crippen LogP contribution >= 0.6 is 0 Å². The number of rotatable bonds is 6. The minimum atomic E-state index is -0.871. The molecule has 0 aliphatic carbocycles.